The van der Waals surface area contributed by atoms with Crippen LogP contribution in [0.2, 0.25) is 0 Å². The van der Waals surface area contributed by atoms with Gasteiger partial charge in [0.25, 0.3) is 0 Å². The largest absolute Gasteiger partial charge is 0.309 e. The molecular formula is C19H25ClN2. The van der Waals surface area contributed by atoms with E-state index < -0.39 is 0 Å². The van der Waals surface area contributed by atoms with E-state index in [1.807, 2.05) is 0 Å². The molecular weight excluding hydrogens is 292 g/mol. The molecule has 0 atom stereocenters. The standard InChI is InChI=1S/C19H25ClN2/c1-22(2)15-9-14-19(16-21-20,17-10-5-3-6-11-17)18-12-7-4-8-13-18/h3-8,10-13,21H,9,14-16H2,1-2H3. The van der Waals surface area contributed by atoms with Crippen molar-refractivity contribution in [3.63, 3.8) is 0 Å². The van der Waals surface area contributed by atoms with Gasteiger partial charge in [0.15, 0.2) is 0 Å². The first-order valence-electron chi connectivity index (χ1n) is 7.78. The molecule has 0 aliphatic rings. The molecule has 0 unspecified atom stereocenters. The summed E-state index contributed by atoms with van der Waals surface area (Å²) in [5, 5.41) is 0. The quantitative estimate of drug-likeness (QED) is 0.739. The normalized spacial score (nSPS) is 11.8. The molecule has 2 rings (SSSR count). The molecule has 0 bridgehead atoms. The molecule has 0 radical (unpaired) electrons. The van der Waals surface area contributed by atoms with Crippen LogP contribution in [0.5, 0.6) is 0 Å². The number of rotatable bonds is 8. The summed E-state index contributed by atoms with van der Waals surface area (Å²) in [5.41, 5.74) is 2.53. The number of nitrogens with zero attached hydrogens (tertiary/aromatic N) is 1. The Morgan fingerprint density at radius 3 is 1.82 bits per heavy atom. The van der Waals surface area contributed by atoms with E-state index in [4.69, 9.17) is 11.8 Å². The van der Waals surface area contributed by atoms with Gasteiger partial charge >= 0.3 is 0 Å². The molecule has 0 spiro atoms. The van der Waals surface area contributed by atoms with E-state index in [0.29, 0.717) is 0 Å². The molecule has 0 aliphatic heterocycles. The fourth-order valence-corrected chi connectivity index (χ4v) is 3.30. The van der Waals surface area contributed by atoms with Gasteiger partial charge in [-0.3, -0.25) is 0 Å². The van der Waals surface area contributed by atoms with Crippen LogP contribution in [0.15, 0.2) is 60.7 Å². The second-order valence-electron chi connectivity index (χ2n) is 6.03. The van der Waals surface area contributed by atoms with Gasteiger partial charge in [-0.1, -0.05) is 60.7 Å². The van der Waals surface area contributed by atoms with Crippen LogP contribution in [0.25, 0.3) is 0 Å². The van der Waals surface area contributed by atoms with Gasteiger partial charge in [0.05, 0.1) is 0 Å². The number of hydrogen-bond donors (Lipinski definition) is 1. The maximum atomic E-state index is 5.97. The van der Waals surface area contributed by atoms with Crippen LogP contribution in [0, 0.1) is 0 Å². The van der Waals surface area contributed by atoms with E-state index >= 15 is 0 Å². The highest BCUT2D eigenvalue weighted by Crippen LogP contribution is 2.36. The maximum absolute atomic E-state index is 5.97. The lowest BCUT2D eigenvalue weighted by molar-refractivity contribution is 0.359. The zero-order chi connectivity index (χ0) is 15.8. The minimum Gasteiger partial charge on any atom is -0.309 e. The number of hydrogen-bond acceptors (Lipinski definition) is 2. The van der Waals surface area contributed by atoms with Crippen LogP contribution < -0.4 is 4.84 Å². The van der Waals surface area contributed by atoms with Crippen molar-refractivity contribution in [2.45, 2.75) is 18.3 Å². The Hall–Kier alpha value is -1.35. The monoisotopic (exact) mass is 316 g/mol. The van der Waals surface area contributed by atoms with E-state index in [-0.39, 0.29) is 5.41 Å². The van der Waals surface area contributed by atoms with E-state index in [0.717, 1.165) is 25.9 Å². The zero-order valence-corrected chi connectivity index (χ0v) is 14.2. The Bertz CT molecular complexity index is 500. The highest BCUT2D eigenvalue weighted by Gasteiger charge is 2.33. The minimum absolute atomic E-state index is 0.0969. The van der Waals surface area contributed by atoms with Crippen molar-refractivity contribution in [3.8, 4) is 0 Å². The summed E-state index contributed by atoms with van der Waals surface area (Å²) in [6.07, 6.45) is 2.17. The first-order chi connectivity index (χ1) is 10.7. The second-order valence-corrected chi connectivity index (χ2v) is 6.30. The Morgan fingerprint density at radius 2 is 1.41 bits per heavy atom. The molecule has 0 aromatic heterocycles. The molecule has 118 valence electrons. The summed E-state index contributed by atoms with van der Waals surface area (Å²) in [7, 11) is 4.24. The van der Waals surface area contributed by atoms with Gasteiger partial charge in [0.1, 0.15) is 0 Å². The van der Waals surface area contributed by atoms with Crippen molar-refractivity contribution < 1.29 is 0 Å². The average molecular weight is 317 g/mol. The molecule has 2 aromatic rings. The Kier molecular flexibility index (Phi) is 6.44. The molecule has 3 heteroatoms. The fourth-order valence-electron chi connectivity index (χ4n) is 3.07. The predicted molar refractivity (Wildman–Crippen MR) is 95.3 cm³/mol. The first kappa shape index (κ1) is 17.0. The molecule has 0 amide bonds. The lowest BCUT2D eigenvalue weighted by Crippen LogP contribution is -2.37. The van der Waals surface area contributed by atoms with Crippen LogP contribution in [0.3, 0.4) is 0 Å². The Balaban J connectivity index is 2.40. The van der Waals surface area contributed by atoms with Crippen molar-refractivity contribution in [2.24, 2.45) is 0 Å². The summed E-state index contributed by atoms with van der Waals surface area (Å²) >= 11 is 5.97. The Morgan fingerprint density at radius 1 is 0.909 bits per heavy atom. The third-order valence-corrected chi connectivity index (χ3v) is 4.36. The summed E-state index contributed by atoms with van der Waals surface area (Å²) in [6, 6.07) is 21.4. The summed E-state index contributed by atoms with van der Waals surface area (Å²) < 4.78 is 0. The summed E-state index contributed by atoms with van der Waals surface area (Å²) in [4.78, 5) is 5.13. The highest BCUT2D eigenvalue weighted by molar-refractivity contribution is 6.13. The molecule has 0 saturated heterocycles. The maximum Gasteiger partial charge on any atom is 0.0340 e. The number of halogens is 1. The first-order valence-corrected chi connectivity index (χ1v) is 8.16. The topological polar surface area (TPSA) is 15.3 Å². The molecule has 0 saturated carbocycles. The van der Waals surface area contributed by atoms with E-state index in [2.05, 4.69) is 84.5 Å². The zero-order valence-electron chi connectivity index (χ0n) is 13.4. The Labute approximate surface area is 139 Å². The molecule has 0 aliphatic carbocycles. The van der Waals surface area contributed by atoms with Crippen LogP contribution in [-0.4, -0.2) is 32.1 Å². The van der Waals surface area contributed by atoms with Gasteiger partial charge < -0.3 is 4.90 Å². The number of benzene rings is 2. The predicted octanol–water partition coefficient (Wildman–Crippen LogP) is 4.06. The van der Waals surface area contributed by atoms with Gasteiger partial charge in [0.2, 0.25) is 0 Å². The molecule has 0 heterocycles. The third-order valence-electron chi connectivity index (χ3n) is 4.23. The molecule has 0 fully saturated rings. The summed E-state index contributed by atoms with van der Waals surface area (Å²) in [6.45, 7) is 1.79. The smallest absolute Gasteiger partial charge is 0.0340 e. The van der Waals surface area contributed by atoms with Crippen molar-refractivity contribution >= 4 is 11.8 Å². The van der Waals surface area contributed by atoms with Crippen LogP contribution in [-0.2, 0) is 5.41 Å². The van der Waals surface area contributed by atoms with Crippen LogP contribution >= 0.6 is 11.8 Å². The molecule has 22 heavy (non-hydrogen) atoms. The third kappa shape index (κ3) is 4.10. The van der Waals surface area contributed by atoms with E-state index in [9.17, 15) is 0 Å². The van der Waals surface area contributed by atoms with Gasteiger partial charge in [-0.2, -0.15) is 0 Å². The average Bonchev–Trinajstić information content (AvgIpc) is 2.55. The highest BCUT2D eigenvalue weighted by atomic mass is 35.5. The molecule has 2 nitrogen and oxygen atoms in total. The lowest BCUT2D eigenvalue weighted by atomic mass is 9.71. The SMILES string of the molecule is CN(C)CCCC(CNCl)(c1ccccc1)c1ccccc1. The van der Waals surface area contributed by atoms with Gasteiger partial charge in [0, 0.05) is 12.0 Å². The van der Waals surface area contributed by atoms with Gasteiger partial charge in [-0.15, -0.1) is 0 Å². The number of nitrogens with one attached hydrogen (secondary N) is 1. The van der Waals surface area contributed by atoms with Crippen molar-refractivity contribution in [2.75, 3.05) is 27.2 Å². The van der Waals surface area contributed by atoms with Crippen molar-refractivity contribution in [3.05, 3.63) is 71.8 Å². The van der Waals surface area contributed by atoms with Crippen LogP contribution in [0.1, 0.15) is 24.0 Å². The molecule has 2 aromatic carbocycles. The van der Waals surface area contributed by atoms with E-state index in [1.54, 1.807) is 0 Å². The van der Waals surface area contributed by atoms with Gasteiger partial charge in [-0.25, -0.2) is 4.84 Å². The molecule has 1 N–H and O–H groups in total. The van der Waals surface area contributed by atoms with Crippen molar-refractivity contribution in [1.82, 2.24) is 9.74 Å². The van der Waals surface area contributed by atoms with Crippen molar-refractivity contribution in [1.29, 1.82) is 0 Å². The lowest BCUT2D eigenvalue weighted by Gasteiger charge is -2.35. The van der Waals surface area contributed by atoms with E-state index in [1.165, 1.54) is 11.1 Å². The van der Waals surface area contributed by atoms with Gasteiger partial charge in [-0.05, 0) is 56.4 Å². The minimum atomic E-state index is -0.0969. The fraction of sp³-hybridized carbons (Fsp3) is 0.368. The summed E-state index contributed by atoms with van der Waals surface area (Å²) in [5.74, 6) is 0. The van der Waals surface area contributed by atoms with Crippen LogP contribution in [0.4, 0.5) is 0 Å². The second kappa shape index (κ2) is 8.33.